The van der Waals surface area contributed by atoms with Crippen LogP contribution >= 0.6 is 0 Å². The van der Waals surface area contributed by atoms with E-state index in [1.165, 1.54) is 0 Å². The van der Waals surface area contributed by atoms with E-state index in [1.54, 1.807) is 14.0 Å². The van der Waals surface area contributed by atoms with E-state index < -0.39 is 18.9 Å². The minimum Gasteiger partial charge on any atom is -0.525 e. The van der Waals surface area contributed by atoms with Crippen LogP contribution < -0.4 is 21.4 Å². The Balaban J connectivity index is 2.37. The third kappa shape index (κ3) is 3.86. The van der Waals surface area contributed by atoms with Crippen molar-refractivity contribution in [1.82, 2.24) is 0 Å². The van der Waals surface area contributed by atoms with E-state index in [2.05, 4.69) is 0 Å². The highest BCUT2D eigenvalue weighted by atomic mass is 16.5. The van der Waals surface area contributed by atoms with Crippen LogP contribution in [0.15, 0.2) is 54.6 Å². The van der Waals surface area contributed by atoms with Gasteiger partial charge in [-0.15, -0.1) is 0 Å². The fourth-order valence-electron chi connectivity index (χ4n) is 1.98. The molecular weight excluding hydrogens is 265 g/mol. The first kappa shape index (κ1) is 15.1. The summed E-state index contributed by atoms with van der Waals surface area (Å²) in [6.07, 6.45) is 0. The van der Waals surface area contributed by atoms with Crippen LogP contribution in [0.1, 0.15) is 6.92 Å². The van der Waals surface area contributed by atoms with Crippen LogP contribution in [0.2, 0.25) is 0 Å². The minimum absolute atomic E-state index is 0.438. The highest BCUT2D eigenvalue weighted by Crippen LogP contribution is 2.07. The Morgan fingerprint density at radius 1 is 1.10 bits per heavy atom. The number of carbonyl (C=O) groups excluding carboxylic acids is 1. The lowest BCUT2D eigenvalue weighted by Crippen LogP contribution is -2.48. The van der Waals surface area contributed by atoms with Crippen LogP contribution in [0.4, 0.5) is 0 Å². The van der Waals surface area contributed by atoms with Crippen molar-refractivity contribution in [3.8, 4) is 5.75 Å². The van der Waals surface area contributed by atoms with Gasteiger partial charge in [0.25, 0.3) is 0 Å². The number of benzene rings is 2. The first-order chi connectivity index (χ1) is 10.1. The molecule has 1 atom stereocenters. The van der Waals surface area contributed by atoms with E-state index in [4.69, 9.17) is 15.1 Å². The molecule has 0 aliphatic heterocycles. The van der Waals surface area contributed by atoms with Gasteiger partial charge < -0.3 is 15.1 Å². The summed E-state index contributed by atoms with van der Waals surface area (Å²) in [5, 5.41) is 0. The number of nitrogens with two attached hydrogens (primary N) is 1. The molecule has 0 aliphatic rings. The Morgan fingerprint density at radius 2 is 1.76 bits per heavy atom. The van der Waals surface area contributed by atoms with Crippen molar-refractivity contribution in [1.29, 1.82) is 0 Å². The van der Waals surface area contributed by atoms with Gasteiger partial charge in [-0.3, -0.25) is 4.79 Å². The van der Waals surface area contributed by atoms with Crippen LogP contribution in [-0.2, 0) is 9.45 Å². The normalized spacial score (nSPS) is 11.6. The maximum Gasteiger partial charge on any atom is 0.429 e. The zero-order chi connectivity index (χ0) is 15.2. The van der Waals surface area contributed by atoms with Crippen LogP contribution in [0.5, 0.6) is 5.75 Å². The first-order valence-electron chi connectivity index (χ1n) is 6.77. The number of hydrogen-bond donors (Lipinski definition) is 1. The molecule has 2 N–H and O–H groups in total. The third-order valence-electron chi connectivity index (χ3n) is 3.10. The van der Waals surface area contributed by atoms with Gasteiger partial charge in [0.15, 0.2) is 0 Å². The molecule has 0 heterocycles. The van der Waals surface area contributed by atoms with Crippen molar-refractivity contribution in [2.45, 2.75) is 13.0 Å². The summed E-state index contributed by atoms with van der Waals surface area (Å²) in [5.74, 6) is 0.275. The monoisotopic (exact) mass is 283 g/mol. The van der Waals surface area contributed by atoms with Crippen LogP contribution in [0.25, 0.3) is 0 Å². The Labute approximate surface area is 125 Å². The van der Waals surface area contributed by atoms with E-state index in [-0.39, 0.29) is 0 Å². The van der Waals surface area contributed by atoms with Gasteiger partial charge in [-0.05, 0) is 30.0 Å². The fraction of sp³-hybridized carbons (Fsp3) is 0.188. The van der Waals surface area contributed by atoms with Crippen LogP contribution in [0, 0.1) is 0 Å². The molecule has 0 spiro atoms. The quantitative estimate of drug-likeness (QED) is 0.820. The molecule has 0 fully saturated rings. The standard InChI is InChI=1S/C16H18BNO3/c1-12(18)16(19)21-17(13-7-4-3-5-8-13)14-9-6-10-15(11-14)20-2/h3-12H,18H2,1-2H3. The van der Waals surface area contributed by atoms with Gasteiger partial charge in [0, 0.05) is 0 Å². The number of rotatable bonds is 5. The molecule has 0 bridgehead atoms. The number of hydrogen-bond acceptors (Lipinski definition) is 4. The Morgan fingerprint density at radius 3 is 2.38 bits per heavy atom. The molecule has 1 unspecified atom stereocenters. The molecule has 108 valence electrons. The summed E-state index contributed by atoms with van der Waals surface area (Å²) >= 11 is 0. The Hall–Kier alpha value is -2.27. The largest absolute Gasteiger partial charge is 0.525 e. The third-order valence-corrected chi connectivity index (χ3v) is 3.10. The van der Waals surface area contributed by atoms with Crippen molar-refractivity contribution in [2.75, 3.05) is 7.11 Å². The number of ether oxygens (including phenoxy) is 1. The van der Waals surface area contributed by atoms with Gasteiger partial charge in [0.1, 0.15) is 5.75 Å². The predicted octanol–water partition coefficient (Wildman–Crippen LogP) is 0.691. The predicted molar refractivity (Wildman–Crippen MR) is 84.2 cm³/mol. The van der Waals surface area contributed by atoms with Crippen molar-refractivity contribution in [3.63, 3.8) is 0 Å². The summed E-state index contributed by atoms with van der Waals surface area (Å²) in [7, 11) is 1.60. The molecular formula is C16H18BNO3. The summed E-state index contributed by atoms with van der Waals surface area (Å²) < 4.78 is 10.8. The highest BCUT2D eigenvalue weighted by molar-refractivity contribution is 6.81. The van der Waals surface area contributed by atoms with Crippen molar-refractivity contribution >= 4 is 23.8 Å². The molecule has 0 amide bonds. The molecule has 5 heteroatoms. The Kier molecular flexibility index (Phi) is 5.01. The molecule has 0 saturated carbocycles. The fourth-order valence-corrected chi connectivity index (χ4v) is 1.98. The number of methoxy groups -OCH3 is 1. The zero-order valence-electron chi connectivity index (χ0n) is 12.2. The molecule has 21 heavy (non-hydrogen) atoms. The van der Waals surface area contributed by atoms with Crippen molar-refractivity contribution < 1.29 is 14.2 Å². The molecule has 0 aliphatic carbocycles. The van der Waals surface area contributed by atoms with E-state index in [0.29, 0.717) is 5.75 Å². The average Bonchev–Trinajstić information content (AvgIpc) is 2.53. The number of carbonyl (C=O) groups is 1. The van der Waals surface area contributed by atoms with Gasteiger partial charge in [0.05, 0.1) is 13.2 Å². The lowest BCUT2D eigenvalue weighted by Gasteiger charge is -2.17. The van der Waals surface area contributed by atoms with Gasteiger partial charge in [-0.1, -0.05) is 42.5 Å². The van der Waals surface area contributed by atoms with Gasteiger partial charge >= 0.3 is 12.9 Å². The Bertz CT molecular complexity index is 601. The van der Waals surface area contributed by atoms with E-state index in [9.17, 15) is 4.79 Å². The van der Waals surface area contributed by atoms with E-state index in [1.807, 2.05) is 54.6 Å². The molecule has 2 rings (SSSR count). The summed E-state index contributed by atoms with van der Waals surface area (Å²) in [6.45, 7) is 1.11. The molecule has 2 aromatic carbocycles. The maximum atomic E-state index is 11.9. The van der Waals surface area contributed by atoms with E-state index in [0.717, 1.165) is 10.9 Å². The highest BCUT2D eigenvalue weighted by Gasteiger charge is 2.27. The maximum absolute atomic E-state index is 11.9. The first-order valence-corrected chi connectivity index (χ1v) is 6.77. The van der Waals surface area contributed by atoms with Crippen molar-refractivity contribution in [2.24, 2.45) is 5.73 Å². The summed E-state index contributed by atoms with van der Waals surface area (Å²) in [4.78, 5) is 11.9. The molecule has 0 saturated heterocycles. The van der Waals surface area contributed by atoms with Crippen LogP contribution in [0.3, 0.4) is 0 Å². The second-order valence-corrected chi connectivity index (χ2v) is 4.79. The summed E-state index contributed by atoms with van der Waals surface area (Å²) in [5.41, 5.74) is 7.33. The van der Waals surface area contributed by atoms with Gasteiger partial charge in [0.2, 0.25) is 0 Å². The SMILES string of the molecule is COc1cccc(B(OC(=O)C(C)N)c2ccccc2)c1. The topological polar surface area (TPSA) is 61.5 Å². The van der Waals surface area contributed by atoms with Gasteiger partial charge in [-0.2, -0.15) is 0 Å². The van der Waals surface area contributed by atoms with Crippen LogP contribution in [-0.4, -0.2) is 26.0 Å². The molecule has 0 aromatic heterocycles. The average molecular weight is 283 g/mol. The zero-order valence-corrected chi connectivity index (χ0v) is 12.2. The lowest BCUT2D eigenvalue weighted by molar-refractivity contribution is -0.135. The summed E-state index contributed by atoms with van der Waals surface area (Å²) in [6, 6.07) is 16.4. The second kappa shape index (κ2) is 6.95. The lowest BCUT2D eigenvalue weighted by atomic mass is 9.55. The molecule has 4 nitrogen and oxygen atoms in total. The van der Waals surface area contributed by atoms with Gasteiger partial charge in [-0.25, -0.2) is 0 Å². The van der Waals surface area contributed by atoms with E-state index >= 15 is 0 Å². The smallest absolute Gasteiger partial charge is 0.429 e. The minimum atomic E-state index is -0.665. The molecule has 2 aromatic rings. The van der Waals surface area contributed by atoms with Crippen molar-refractivity contribution in [3.05, 3.63) is 54.6 Å². The molecule has 0 radical (unpaired) electrons. The second-order valence-electron chi connectivity index (χ2n) is 4.79.